The maximum atomic E-state index is 11.6. The summed E-state index contributed by atoms with van der Waals surface area (Å²) >= 11 is 0. The molecule has 1 aliphatic rings. The summed E-state index contributed by atoms with van der Waals surface area (Å²) in [5.74, 6) is 0.131. The lowest BCUT2D eigenvalue weighted by molar-refractivity contribution is -0.0624. The Bertz CT molecular complexity index is 262. The summed E-state index contributed by atoms with van der Waals surface area (Å²) < 4.78 is 10.4. The zero-order valence-corrected chi connectivity index (χ0v) is 11.0. The van der Waals surface area contributed by atoms with Crippen molar-refractivity contribution in [2.75, 3.05) is 13.2 Å². The molecule has 1 saturated heterocycles. The van der Waals surface area contributed by atoms with Crippen LogP contribution in [0.5, 0.6) is 0 Å². The number of hydrogen-bond acceptors (Lipinski definition) is 4. The molecule has 1 rings (SSSR count). The predicted octanol–water partition coefficient (Wildman–Crippen LogP) is 1.30. The highest BCUT2D eigenvalue weighted by atomic mass is 16.6. The lowest BCUT2D eigenvalue weighted by Crippen LogP contribution is -2.54. The third kappa shape index (κ3) is 4.52. The number of carbonyl (C=O) groups is 1. The van der Waals surface area contributed by atoms with Gasteiger partial charge in [0.05, 0.1) is 25.4 Å². The summed E-state index contributed by atoms with van der Waals surface area (Å²) in [6.45, 7) is 8.26. The van der Waals surface area contributed by atoms with Gasteiger partial charge in [-0.05, 0) is 27.2 Å². The van der Waals surface area contributed by atoms with Crippen LogP contribution in [0.1, 0.15) is 34.1 Å². The molecule has 0 aromatic rings. The van der Waals surface area contributed by atoms with Gasteiger partial charge in [0.15, 0.2) is 0 Å². The van der Waals surface area contributed by atoms with Crippen molar-refractivity contribution in [2.45, 2.75) is 51.9 Å². The van der Waals surface area contributed by atoms with Gasteiger partial charge >= 0.3 is 6.09 Å². The molecule has 0 aromatic heterocycles. The predicted molar refractivity (Wildman–Crippen MR) is 63.8 cm³/mol. The molecule has 5 heteroatoms. The van der Waals surface area contributed by atoms with Gasteiger partial charge in [-0.25, -0.2) is 4.79 Å². The Morgan fingerprint density at radius 2 is 2.12 bits per heavy atom. The minimum absolute atomic E-state index is 0.131. The van der Waals surface area contributed by atoms with Crippen LogP contribution in [0.15, 0.2) is 0 Å². The molecule has 0 aliphatic carbocycles. The molecule has 17 heavy (non-hydrogen) atoms. The molecule has 100 valence electrons. The van der Waals surface area contributed by atoms with Gasteiger partial charge in [-0.3, -0.25) is 0 Å². The van der Waals surface area contributed by atoms with E-state index in [1.165, 1.54) is 0 Å². The first-order valence-corrected chi connectivity index (χ1v) is 6.09. The summed E-state index contributed by atoms with van der Waals surface area (Å²) in [6, 6.07) is -0.288. The van der Waals surface area contributed by atoms with Gasteiger partial charge < -0.3 is 19.9 Å². The van der Waals surface area contributed by atoms with Crippen LogP contribution in [-0.2, 0) is 9.47 Å². The Labute approximate surface area is 102 Å². The number of hydrogen-bond donors (Lipinski definition) is 2. The number of nitrogens with one attached hydrogen (secondary N) is 1. The van der Waals surface area contributed by atoms with Crippen LogP contribution >= 0.6 is 0 Å². The van der Waals surface area contributed by atoms with Crippen molar-refractivity contribution in [3.8, 4) is 0 Å². The largest absolute Gasteiger partial charge is 0.444 e. The molecule has 0 spiro atoms. The lowest BCUT2D eigenvalue weighted by atomic mass is 9.91. The molecule has 3 unspecified atom stereocenters. The van der Waals surface area contributed by atoms with Crippen LogP contribution < -0.4 is 5.32 Å². The van der Waals surface area contributed by atoms with E-state index in [0.717, 1.165) is 6.42 Å². The van der Waals surface area contributed by atoms with Gasteiger partial charge in [-0.2, -0.15) is 0 Å². The number of amides is 1. The normalized spacial score (nSPS) is 29.8. The fourth-order valence-corrected chi connectivity index (χ4v) is 1.89. The van der Waals surface area contributed by atoms with Crippen molar-refractivity contribution < 1.29 is 19.4 Å². The third-order valence-electron chi connectivity index (χ3n) is 2.75. The first kappa shape index (κ1) is 14.3. The second kappa shape index (κ2) is 5.69. The Kier molecular flexibility index (Phi) is 4.77. The number of carbonyl (C=O) groups excluding carboxylic acids is 1. The van der Waals surface area contributed by atoms with E-state index in [1.54, 1.807) is 0 Å². The molecule has 3 atom stereocenters. The van der Waals surface area contributed by atoms with Gasteiger partial charge in [0.25, 0.3) is 0 Å². The zero-order chi connectivity index (χ0) is 13.1. The van der Waals surface area contributed by atoms with Crippen LogP contribution in [0.4, 0.5) is 4.79 Å². The Balaban J connectivity index is 2.55. The van der Waals surface area contributed by atoms with Crippen LogP contribution in [-0.4, -0.2) is 42.2 Å². The maximum Gasteiger partial charge on any atom is 0.407 e. The highest BCUT2D eigenvalue weighted by Crippen LogP contribution is 2.19. The molecule has 0 radical (unpaired) electrons. The van der Waals surface area contributed by atoms with Crippen molar-refractivity contribution in [1.82, 2.24) is 5.32 Å². The van der Waals surface area contributed by atoms with Gasteiger partial charge in [0.1, 0.15) is 5.60 Å². The summed E-state index contributed by atoms with van der Waals surface area (Å²) in [4.78, 5) is 11.6. The molecule has 1 fully saturated rings. The summed E-state index contributed by atoms with van der Waals surface area (Å²) in [7, 11) is 0. The van der Waals surface area contributed by atoms with E-state index in [0.29, 0.717) is 6.61 Å². The molecule has 1 aliphatic heterocycles. The Morgan fingerprint density at radius 1 is 1.47 bits per heavy atom. The molecule has 0 bridgehead atoms. The van der Waals surface area contributed by atoms with Gasteiger partial charge in [0.2, 0.25) is 0 Å². The van der Waals surface area contributed by atoms with Crippen LogP contribution in [0.2, 0.25) is 0 Å². The number of aliphatic hydroxyl groups is 1. The van der Waals surface area contributed by atoms with Gasteiger partial charge in [-0.15, -0.1) is 0 Å². The quantitative estimate of drug-likeness (QED) is 0.769. The topological polar surface area (TPSA) is 67.8 Å². The second-order valence-electron chi connectivity index (χ2n) is 5.45. The lowest BCUT2D eigenvalue weighted by Gasteiger charge is -2.35. The van der Waals surface area contributed by atoms with Crippen molar-refractivity contribution in [3.05, 3.63) is 0 Å². The number of ether oxygens (including phenoxy) is 2. The minimum Gasteiger partial charge on any atom is -0.444 e. The monoisotopic (exact) mass is 245 g/mol. The van der Waals surface area contributed by atoms with Crippen LogP contribution in [0.3, 0.4) is 0 Å². The van der Waals surface area contributed by atoms with Gasteiger partial charge in [0, 0.05) is 5.92 Å². The molecular weight excluding hydrogens is 222 g/mol. The highest BCUT2D eigenvalue weighted by molar-refractivity contribution is 5.68. The first-order chi connectivity index (χ1) is 7.83. The number of alkyl carbamates (subject to hydrolysis) is 1. The summed E-state index contributed by atoms with van der Waals surface area (Å²) in [5, 5.41) is 12.6. The average molecular weight is 245 g/mol. The van der Waals surface area contributed by atoms with E-state index in [-0.39, 0.29) is 18.6 Å². The summed E-state index contributed by atoms with van der Waals surface area (Å²) in [6.07, 6.45) is -0.305. The molecule has 0 aromatic carbocycles. The van der Waals surface area contributed by atoms with E-state index < -0.39 is 17.8 Å². The van der Waals surface area contributed by atoms with E-state index in [2.05, 4.69) is 5.32 Å². The standard InChI is InChI=1S/C12H23NO4/c1-5-8-6-16-7-9(14)10(8)13-11(15)17-12(2,3)4/h8-10,14H,5-7H2,1-4H3,(H,13,15). The van der Waals surface area contributed by atoms with E-state index in [4.69, 9.17) is 9.47 Å². The molecule has 0 saturated carbocycles. The SMILES string of the molecule is CCC1COCC(O)C1NC(=O)OC(C)(C)C. The Morgan fingerprint density at radius 3 is 2.65 bits per heavy atom. The zero-order valence-electron chi connectivity index (χ0n) is 11.0. The van der Waals surface area contributed by atoms with Crippen LogP contribution in [0.25, 0.3) is 0 Å². The van der Waals surface area contributed by atoms with Crippen molar-refractivity contribution >= 4 is 6.09 Å². The first-order valence-electron chi connectivity index (χ1n) is 6.09. The van der Waals surface area contributed by atoms with E-state index in [1.807, 2.05) is 27.7 Å². The molecule has 1 heterocycles. The molecular formula is C12H23NO4. The fraction of sp³-hybridized carbons (Fsp3) is 0.917. The Hall–Kier alpha value is -0.810. The molecule has 2 N–H and O–H groups in total. The summed E-state index contributed by atoms with van der Waals surface area (Å²) in [5.41, 5.74) is -0.526. The van der Waals surface area contributed by atoms with Crippen LogP contribution in [0, 0.1) is 5.92 Å². The third-order valence-corrected chi connectivity index (χ3v) is 2.75. The van der Waals surface area contributed by atoms with Crippen molar-refractivity contribution in [3.63, 3.8) is 0 Å². The van der Waals surface area contributed by atoms with Crippen molar-refractivity contribution in [1.29, 1.82) is 0 Å². The number of aliphatic hydroxyl groups excluding tert-OH is 1. The minimum atomic E-state index is -0.666. The maximum absolute atomic E-state index is 11.6. The highest BCUT2D eigenvalue weighted by Gasteiger charge is 2.34. The molecule has 5 nitrogen and oxygen atoms in total. The number of rotatable bonds is 2. The van der Waals surface area contributed by atoms with E-state index in [9.17, 15) is 9.90 Å². The smallest absolute Gasteiger partial charge is 0.407 e. The molecule has 1 amide bonds. The second-order valence-corrected chi connectivity index (χ2v) is 5.45. The van der Waals surface area contributed by atoms with Gasteiger partial charge in [-0.1, -0.05) is 6.92 Å². The van der Waals surface area contributed by atoms with E-state index >= 15 is 0 Å². The van der Waals surface area contributed by atoms with Crippen molar-refractivity contribution in [2.24, 2.45) is 5.92 Å². The fourth-order valence-electron chi connectivity index (χ4n) is 1.89. The average Bonchev–Trinajstić information content (AvgIpc) is 2.18.